The van der Waals surface area contributed by atoms with Crippen molar-refractivity contribution in [3.8, 4) is 0 Å². The van der Waals surface area contributed by atoms with Crippen molar-refractivity contribution in [1.29, 1.82) is 0 Å². The number of aliphatic hydroxyl groups excluding tert-OH is 2. The summed E-state index contributed by atoms with van der Waals surface area (Å²) in [6.45, 7) is 2.23. The van der Waals surface area contributed by atoms with Gasteiger partial charge in [-0.3, -0.25) is 0 Å². The highest BCUT2D eigenvalue weighted by Gasteiger charge is 2.38. The summed E-state index contributed by atoms with van der Waals surface area (Å²) in [4.78, 5) is 0. The van der Waals surface area contributed by atoms with Gasteiger partial charge in [-0.1, -0.05) is 0 Å². The lowest BCUT2D eigenvalue weighted by Crippen LogP contribution is -2.42. The van der Waals surface area contributed by atoms with E-state index < -0.39 is 11.9 Å². The van der Waals surface area contributed by atoms with Gasteiger partial charge in [0.05, 0.1) is 19.8 Å². The van der Waals surface area contributed by atoms with Gasteiger partial charge < -0.3 is 19.7 Å². The third kappa shape index (κ3) is 1.29. The molecule has 1 atom stereocenters. The van der Waals surface area contributed by atoms with Crippen molar-refractivity contribution >= 4 is 0 Å². The second kappa shape index (κ2) is 2.84. The predicted octanol–water partition coefficient (Wildman–Crippen LogP) is -0.897. The number of hydrogen-bond acceptors (Lipinski definition) is 4. The first-order valence-corrected chi connectivity index (χ1v) is 3.26. The molecule has 1 heterocycles. The van der Waals surface area contributed by atoms with Crippen LogP contribution in [0, 0.1) is 0 Å². The summed E-state index contributed by atoms with van der Waals surface area (Å²) >= 11 is 0. The first-order valence-electron chi connectivity index (χ1n) is 3.26. The van der Waals surface area contributed by atoms with E-state index in [-0.39, 0.29) is 6.61 Å². The van der Waals surface area contributed by atoms with Crippen LogP contribution in [0.3, 0.4) is 0 Å². The molecule has 1 saturated heterocycles. The first-order chi connectivity index (χ1) is 4.69. The monoisotopic (exact) mass is 148 g/mol. The third-order valence-electron chi connectivity index (χ3n) is 1.64. The first kappa shape index (κ1) is 7.94. The van der Waals surface area contributed by atoms with Crippen LogP contribution in [0.1, 0.15) is 6.92 Å². The lowest BCUT2D eigenvalue weighted by Gasteiger charge is -2.26. The molecule has 0 bridgehead atoms. The van der Waals surface area contributed by atoms with E-state index in [4.69, 9.17) is 19.7 Å². The molecule has 2 N–H and O–H groups in total. The summed E-state index contributed by atoms with van der Waals surface area (Å²) in [5.41, 5.74) is 0. The summed E-state index contributed by atoms with van der Waals surface area (Å²) in [5.74, 6) is -0.991. The highest BCUT2D eigenvalue weighted by molar-refractivity contribution is 4.76. The second-order valence-electron chi connectivity index (χ2n) is 2.41. The van der Waals surface area contributed by atoms with Gasteiger partial charge in [0.25, 0.3) is 0 Å². The summed E-state index contributed by atoms with van der Waals surface area (Å²) in [7, 11) is 0. The Bertz CT molecular complexity index is 108. The average Bonchev–Trinajstić information content (AvgIpc) is 2.36. The van der Waals surface area contributed by atoms with Gasteiger partial charge in [-0.2, -0.15) is 0 Å². The molecule has 4 nitrogen and oxygen atoms in total. The van der Waals surface area contributed by atoms with Crippen molar-refractivity contribution in [1.82, 2.24) is 0 Å². The fraction of sp³-hybridized carbons (Fsp3) is 1.00. The van der Waals surface area contributed by atoms with Crippen LogP contribution in [-0.2, 0) is 9.47 Å². The average molecular weight is 148 g/mol. The second-order valence-corrected chi connectivity index (χ2v) is 2.41. The smallest absolute Gasteiger partial charge is 0.193 e. The van der Waals surface area contributed by atoms with Crippen LogP contribution in [0.5, 0.6) is 0 Å². The van der Waals surface area contributed by atoms with Crippen molar-refractivity contribution in [3.05, 3.63) is 0 Å². The highest BCUT2D eigenvalue weighted by atomic mass is 16.7. The topological polar surface area (TPSA) is 58.9 Å². The Morgan fingerprint density at radius 1 is 1.50 bits per heavy atom. The SMILES string of the molecule is CC1([C@H](O)CO)OCCO1. The van der Waals surface area contributed by atoms with Crippen LogP contribution in [-0.4, -0.2) is 41.9 Å². The van der Waals surface area contributed by atoms with E-state index >= 15 is 0 Å². The van der Waals surface area contributed by atoms with E-state index in [0.717, 1.165) is 0 Å². The Morgan fingerprint density at radius 2 is 2.00 bits per heavy atom. The normalized spacial score (nSPS) is 26.7. The summed E-state index contributed by atoms with van der Waals surface area (Å²) in [6.07, 6.45) is -0.949. The molecule has 1 aliphatic rings. The lowest BCUT2D eigenvalue weighted by atomic mass is 10.2. The maximum Gasteiger partial charge on any atom is 0.193 e. The number of hydrogen-bond donors (Lipinski definition) is 2. The van der Waals surface area contributed by atoms with Crippen LogP contribution < -0.4 is 0 Å². The lowest BCUT2D eigenvalue weighted by molar-refractivity contribution is -0.215. The summed E-state index contributed by atoms with van der Waals surface area (Å²) < 4.78 is 10.1. The molecular weight excluding hydrogens is 136 g/mol. The minimum absolute atomic E-state index is 0.337. The van der Waals surface area contributed by atoms with Crippen LogP contribution in [0.4, 0.5) is 0 Å². The Hall–Kier alpha value is -0.160. The molecule has 0 aliphatic carbocycles. The van der Waals surface area contributed by atoms with Crippen LogP contribution in [0.15, 0.2) is 0 Å². The van der Waals surface area contributed by atoms with Crippen LogP contribution in [0.25, 0.3) is 0 Å². The molecule has 0 aromatic carbocycles. The zero-order chi connectivity index (χ0) is 7.61. The molecule has 0 saturated carbocycles. The van der Waals surface area contributed by atoms with Gasteiger partial charge in [-0.05, 0) is 6.92 Å². The molecule has 0 aromatic heterocycles. The van der Waals surface area contributed by atoms with Gasteiger partial charge in [-0.15, -0.1) is 0 Å². The number of rotatable bonds is 2. The zero-order valence-corrected chi connectivity index (χ0v) is 5.91. The maximum absolute atomic E-state index is 9.12. The molecule has 0 aromatic rings. The molecule has 1 aliphatic heterocycles. The van der Waals surface area contributed by atoms with E-state index in [9.17, 15) is 0 Å². The molecule has 0 radical (unpaired) electrons. The predicted molar refractivity (Wildman–Crippen MR) is 33.4 cm³/mol. The minimum Gasteiger partial charge on any atom is -0.393 e. The molecule has 0 unspecified atom stereocenters. The molecule has 0 amide bonds. The fourth-order valence-corrected chi connectivity index (χ4v) is 0.889. The Balaban J connectivity index is 2.49. The molecule has 1 fully saturated rings. The molecule has 10 heavy (non-hydrogen) atoms. The molecule has 60 valence electrons. The van der Waals surface area contributed by atoms with Gasteiger partial charge in [0.15, 0.2) is 5.79 Å². The van der Waals surface area contributed by atoms with Crippen molar-refractivity contribution in [3.63, 3.8) is 0 Å². The third-order valence-corrected chi connectivity index (χ3v) is 1.64. The van der Waals surface area contributed by atoms with E-state index in [1.165, 1.54) is 0 Å². The van der Waals surface area contributed by atoms with Gasteiger partial charge in [0.2, 0.25) is 0 Å². The van der Waals surface area contributed by atoms with E-state index in [1.54, 1.807) is 6.92 Å². The zero-order valence-electron chi connectivity index (χ0n) is 5.91. The maximum atomic E-state index is 9.12. The standard InChI is InChI=1S/C6H12O4/c1-6(5(8)4-7)9-2-3-10-6/h5,7-8H,2-4H2,1H3/t5-/m1/s1. The summed E-state index contributed by atoms with van der Waals surface area (Å²) in [5, 5.41) is 17.7. The Morgan fingerprint density at radius 3 is 2.40 bits per heavy atom. The van der Waals surface area contributed by atoms with Crippen molar-refractivity contribution in [2.24, 2.45) is 0 Å². The molecule has 4 heteroatoms. The van der Waals surface area contributed by atoms with Crippen LogP contribution in [0.2, 0.25) is 0 Å². The van der Waals surface area contributed by atoms with Crippen molar-refractivity contribution < 1.29 is 19.7 Å². The molecular formula is C6H12O4. The van der Waals surface area contributed by atoms with E-state index in [1.807, 2.05) is 0 Å². The van der Waals surface area contributed by atoms with Crippen LogP contribution >= 0.6 is 0 Å². The molecule has 1 rings (SSSR count). The summed E-state index contributed by atoms with van der Waals surface area (Å²) in [6, 6.07) is 0. The van der Waals surface area contributed by atoms with Gasteiger partial charge >= 0.3 is 0 Å². The fourth-order valence-electron chi connectivity index (χ4n) is 0.889. The van der Waals surface area contributed by atoms with Gasteiger partial charge in [-0.25, -0.2) is 0 Å². The van der Waals surface area contributed by atoms with E-state index in [2.05, 4.69) is 0 Å². The van der Waals surface area contributed by atoms with Gasteiger partial charge in [0.1, 0.15) is 6.10 Å². The largest absolute Gasteiger partial charge is 0.393 e. The van der Waals surface area contributed by atoms with E-state index in [0.29, 0.717) is 13.2 Å². The van der Waals surface area contributed by atoms with Crippen molar-refractivity contribution in [2.45, 2.75) is 18.8 Å². The minimum atomic E-state index is -0.991. The quantitative estimate of drug-likeness (QED) is 0.533. The molecule has 0 spiro atoms. The highest BCUT2D eigenvalue weighted by Crippen LogP contribution is 2.22. The number of aliphatic hydroxyl groups is 2. The Kier molecular flexibility index (Phi) is 2.25. The van der Waals surface area contributed by atoms with Gasteiger partial charge in [0, 0.05) is 0 Å². The number of ether oxygens (including phenoxy) is 2. The van der Waals surface area contributed by atoms with Crippen molar-refractivity contribution in [2.75, 3.05) is 19.8 Å². The Labute approximate surface area is 59.4 Å².